The lowest BCUT2D eigenvalue weighted by molar-refractivity contribution is -0.142. The molecule has 0 spiro atoms. The largest absolute Gasteiger partial charge is 0.480 e. The number of aliphatic carboxylic acids is 1. The van der Waals surface area contributed by atoms with Crippen molar-refractivity contribution in [3.63, 3.8) is 0 Å². The summed E-state index contributed by atoms with van der Waals surface area (Å²) in [6, 6.07) is 6.20. The lowest BCUT2D eigenvalue weighted by Gasteiger charge is -2.34. The van der Waals surface area contributed by atoms with E-state index < -0.39 is 29.2 Å². The van der Waals surface area contributed by atoms with Crippen molar-refractivity contribution >= 4 is 11.9 Å². The van der Waals surface area contributed by atoms with Crippen LogP contribution in [0.3, 0.4) is 0 Å². The van der Waals surface area contributed by atoms with E-state index in [-0.39, 0.29) is 18.5 Å². The molecule has 3 rings (SSSR count). The van der Waals surface area contributed by atoms with Gasteiger partial charge < -0.3 is 15.0 Å². The van der Waals surface area contributed by atoms with Gasteiger partial charge >= 0.3 is 11.7 Å². The maximum absolute atomic E-state index is 12.7. The number of aromatic amines is 1. The Labute approximate surface area is 136 Å². The zero-order valence-electron chi connectivity index (χ0n) is 12.9. The number of fused-ring (bicyclic) bond motifs is 1. The molecule has 24 heavy (non-hydrogen) atoms. The molecular weight excluding hydrogens is 314 g/mol. The Morgan fingerprint density at radius 3 is 2.54 bits per heavy atom. The molecule has 1 aliphatic heterocycles. The monoisotopic (exact) mass is 329 g/mol. The number of hydrogen-bond donors (Lipinski definition) is 2. The van der Waals surface area contributed by atoms with Gasteiger partial charge in [0, 0.05) is 26.2 Å². The molecule has 124 valence electrons. The number of carbonyl (C=O) groups excluding carboxylic acids is 1. The molecule has 2 heterocycles. The van der Waals surface area contributed by atoms with Crippen molar-refractivity contribution in [2.24, 2.45) is 7.05 Å². The Hall–Kier alpha value is -3.16. The van der Waals surface area contributed by atoms with Crippen molar-refractivity contribution in [2.45, 2.75) is 19.0 Å². The fraction of sp³-hybridized carbons (Fsp3) is 0.250. The van der Waals surface area contributed by atoms with Crippen LogP contribution in [0, 0.1) is 0 Å². The highest BCUT2D eigenvalue weighted by Crippen LogP contribution is 2.24. The summed E-state index contributed by atoms with van der Waals surface area (Å²) in [6.45, 7) is 0.0915. The van der Waals surface area contributed by atoms with Crippen molar-refractivity contribution in [2.75, 3.05) is 0 Å². The van der Waals surface area contributed by atoms with Crippen LogP contribution in [-0.2, 0) is 24.8 Å². The highest BCUT2D eigenvalue weighted by atomic mass is 16.4. The molecule has 0 unspecified atom stereocenters. The van der Waals surface area contributed by atoms with E-state index in [1.165, 1.54) is 7.05 Å². The maximum atomic E-state index is 12.7. The van der Waals surface area contributed by atoms with Gasteiger partial charge in [0.1, 0.15) is 11.6 Å². The van der Waals surface area contributed by atoms with Crippen LogP contribution < -0.4 is 11.2 Å². The van der Waals surface area contributed by atoms with E-state index in [0.29, 0.717) is 0 Å². The first-order chi connectivity index (χ1) is 11.4. The van der Waals surface area contributed by atoms with E-state index in [0.717, 1.165) is 26.8 Å². The fourth-order valence-electron chi connectivity index (χ4n) is 2.83. The Morgan fingerprint density at radius 1 is 1.21 bits per heavy atom. The number of rotatable bonds is 2. The molecule has 2 N–H and O–H groups in total. The predicted octanol–water partition coefficient (Wildman–Crippen LogP) is -0.275. The molecule has 0 fully saturated rings. The summed E-state index contributed by atoms with van der Waals surface area (Å²) in [5, 5.41) is 9.46. The minimum atomic E-state index is -1.14. The van der Waals surface area contributed by atoms with E-state index in [1.807, 2.05) is 24.3 Å². The van der Waals surface area contributed by atoms with Crippen LogP contribution >= 0.6 is 0 Å². The molecule has 1 aromatic heterocycles. The first-order valence-corrected chi connectivity index (χ1v) is 7.29. The molecule has 0 saturated carbocycles. The molecule has 2 aromatic rings. The fourth-order valence-corrected chi connectivity index (χ4v) is 2.83. The third-order valence-corrected chi connectivity index (χ3v) is 4.20. The number of amides is 1. The van der Waals surface area contributed by atoms with Gasteiger partial charge in [-0.3, -0.25) is 14.2 Å². The number of aromatic nitrogens is 2. The van der Waals surface area contributed by atoms with Crippen LogP contribution in [0.1, 0.15) is 21.5 Å². The minimum Gasteiger partial charge on any atom is -0.480 e. The molecule has 1 aliphatic rings. The summed E-state index contributed by atoms with van der Waals surface area (Å²) in [5.74, 6) is -1.85. The second-order valence-electron chi connectivity index (χ2n) is 5.63. The van der Waals surface area contributed by atoms with E-state index in [9.17, 15) is 24.3 Å². The van der Waals surface area contributed by atoms with Crippen LogP contribution in [0.15, 0.2) is 40.1 Å². The number of carboxylic acids is 1. The van der Waals surface area contributed by atoms with Gasteiger partial charge in [0.25, 0.3) is 11.5 Å². The van der Waals surface area contributed by atoms with Gasteiger partial charge in [0.15, 0.2) is 0 Å². The number of carbonyl (C=O) groups is 2. The predicted molar refractivity (Wildman–Crippen MR) is 83.7 cm³/mol. The summed E-state index contributed by atoms with van der Waals surface area (Å²) in [4.78, 5) is 51.3. The Balaban J connectivity index is 2.05. The summed E-state index contributed by atoms with van der Waals surface area (Å²) in [5.41, 5.74) is 0.0396. The lowest BCUT2D eigenvalue weighted by Crippen LogP contribution is -2.50. The van der Waals surface area contributed by atoms with Crippen LogP contribution in [0.4, 0.5) is 0 Å². The molecule has 0 radical (unpaired) electrons. The van der Waals surface area contributed by atoms with Gasteiger partial charge in [-0.25, -0.2) is 9.59 Å². The van der Waals surface area contributed by atoms with Gasteiger partial charge in [-0.1, -0.05) is 24.3 Å². The average Bonchev–Trinajstić information content (AvgIpc) is 2.58. The first kappa shape index (κ1) is 15.7. The van der Waals surface area contributed by atoms with Crippen molar-refractivity contribution in [1.82, 2.24) is 14.5 Å². The zero-order valence-corrected chi connectivity index (χ0v) is 12.9. The molecule has 8 nitrogen and oxygen atoms in total. The minimum absolute atomic E-state index is 0.0915. The molecule has 0 bridgehead atoms. The van der Waals surface area contributed by atoms with Crippen molar-refractivity contribution in [3.05, 3.63) is 68.0 Å². The van der Waals surface area contributed by atoms with E-state index >= 15 is 0 Å². The maximum Gasteiger partial charge on any atom is 0.328 e. The SMILES string of the molecule is Cn1c(=O)[nH]cc(C(=O)N2Cc3ccccc3C[C@@H]2C(=O)O)c1=O. The van der Waals surface area contributed by atoms with E-state index in [4.69, 9.17) is 0 Å². The highest BCUT2D eigenvalue weighted by molar-refractivity contribution is 5.96. The molecular formula is C16H15N3O5. The molecule has 0 saturated heterocycles. The summed E-state index contributed by atoms with van der Waals surface area (Å²) in [7, 11) is 1.25. The number of nitrogens with zero attached hydrogens (tertiary/aromatic N) is 2. The van der Waals surface area contributed by atoms with Crippen LogP contribution in [0.25, 0.3) is 0 Å². The van der Waals surface area contributed by atoms with Crippen molar-refractivity contribution in [1.29, 1.82) is 0 Å². The topological polar surface area (TPSA) is 112 Å². The molecule has 1 atom stereocenters. The third kappa shape index (κ3) is 2.51. The standard InChI is InChI=1S/C16H15N3O5/c1-18-13(20)11(7-17-16(18)24)14(21)19-8-10-5-3-2-4-9(10)6-12(19)15(22)23/h2-5,7,12H,6,8H2,1H3,(H,17,24)(H,22,23)/t12-/m1/s1. The molecule has 1 amide bonds. The second kappa shape index (κ2) is 5.80. The highest BCUT2D eigenvalue weighted by Gasteiger charge is 2.36. The summed E-state index contributed by atoms with van der Waals surface area (Å²) in [6.07, 6.45) is 1.20. The lowest BCUT2D eigenvalue weighted by atomic mass is 9.93. The number of carboxylic acid groups (broad SMARTS) is 1. The average molecular weight is 329 g/mol. The quantitative estimate of drug-likeness (QED) is 0.787. The van der Waals surface area contributed by atoms with Crippen LogP contribution in [-0.4, -0.2) is 37.5 Å². The number of nitrogens with one attached hydrogen (secondary N) is 1. The second-order valence-corrected chi connectivity index (χ2v) is 5.63. The van der Waals surface area contributed by atoms with Gasteiger partial charge in [-0.2, -0.15) is 0 Å². The summed E-state index contributed by atoms with van der Waals surface area (Å²) >= 11 is 0. The molecule has 0 aliphatic carbocycles. The normalized spacial score (nSPS) is 16.5. The number of H-pyrrole nitrogens is 1. The van der Waals surface area contributed by atoms with Crippen LogP contribution in [0.2, 0.25) is 0 Å². The Bertz CT molecular complexity index is 943. The van der Waals surface area contributed by atoms with E-state index in [2.05, 4.69) is 4.98 Å². The molecule has 8 heteroatoms. The smallest absolute Gasteiger partial charge is 0.328 e. The van der Waals surface area contributed by atoms with Crippen molar-refractivity contribution in [3.8, 4) is 0 Å². The van der Waals surface area contributed by atoms with Crippen molar-refractivity contribution < 1.29 is 14.7 Å². The number of benzene rings is 1. The van der Waals surface area contributed by atoms with Gasteiger partial charge in [0.2, 0.25) is 0 Å². The Morgan fingerprint density at radius 2 is 1.88 bits per heavy atom. The first-order valence-electron chi connectivity index (χ1n) is 7.29. The zero-order chi connectivity index (χ0) is 17.4. The molecule has 1 aromatic carbocycles. The third-order valence-electron chi connectivity index (χ3n) is 4.20. The van der Waals surface area contributed by atoms with E-state index in [1.54, 1.807) is 0 Å². The number of hydrogen-bond acceptors (Lipinski definition) is 4. The van der Waals surface area contributed by atoms with Gasteiger partial charge in [-0.15, -0.1) is 0 Å². The van der Waals surface area contributed by atoms with Crippen LogP contribution in [0.5, 0.6) is 0 Å². The van der Waals surface area contributed by atoms with Gasteiger partial charge in [-0.05, 0) is 11.1 Å². The van der Waals surface area contributed by atoms with Gasteiger partial charge in [0.05, 0.1) is 0 Å². The summed E-state index contributed by atoms with van der Waals surface area (Å²) < 4.78 is 0.779. The Kier molecular flexibility index (Phi) is 3.80.